The molecule has 0 atom stereocenters. The summed E-state index contributed by atoms with van der Waals surface area (Å²) in [5, 5.41) is 7.91. The molecule has 6 heteroatoms. The van der Waals surface area contributed by atoms with Crippen molar-refractivity contribution in [2.24, 2.45) is 4.99 Å². The second-order valence-corrected chi connectivity index (χ2v) is 6.23. The van der Waals surface area contributed by atoms with Crippen LogP contribution in [-0.2, 0) is 12.8 Å². The molecule has 0 unspecified atom stereocenters. The number of aliphatic imine (C=N–C) groups is 1. The van der Waals surface area contributed by atoms with Crippen molar-refractivity contribution in [2.45, 2.75) is 12.8 Å². The molecular weight excluding hydrogens is 463 g/mol. The highest BCUT2D eigenvalue weighted by Crippen LogP contribution is 2.17. The molecule has 2 aromatic carbocycles. The highest BCUT2D eigenvalue weighted by Gasteiger charge is 2.04. The fourth-order valence-electron chi connectivity index (χ4n) is 3.13. The molecule has 0 radical (unpaired) electrons. The van der Waals surface area contributed by atoms with Gasteiger partial charge in [0.15, 0.2) is 5.96 Å². The first-order valence-electron chi connectivity index (χ1n) is 9.21. The van der Waals surface area contributed by atoms with Crippen LogP contribution in [0.4, 0.5) is 0 Å². The molecule has 5 nitrogen and oxygen atoms in total. The first-order chi connectivity index (χ1) is 13.3. The molecule has 0 saturated carbocycles. The van der Waals surface area contributed by atoms with Crippen LogP contribution in [0.1, 0.15) is 11.1 Å². The lowest BCUT2D eigenvalue weighted by Crippen LogP contribution is -2.39. The topological polar surface area (TPSA) is 58.5 Å². The Morgan fingerprint density at radius 3 is 2.36 bits per heavy atom. The number of aromatic nitrogens is 1. The average Bonchev–Trinajstić information content (AvgIpc) is 2.73. The van der Waals surface area contributed by atoms with Gasteiger partial charge in [-0.1, -0.05) is 42.5 Å². The number of ether oxygens (including phenoxy) is 1. The molecule has 1 heterocycles. The van der Waals surface area contributed by atoms with E-state index in [4.69, 9.17) is 4.74 Å². The van der Waals surface area contributed by atoms with Crippen molar-refractivity contribution in [1.29, 1.82) is 0 Å². The van der Waals surface area contributed by atoms with Gasteiger partial charge in [-0.25, -0.2) is 0 Å². The number of nitrogens with one attached hydrogen (secondary N) is 2. The summed E-state index contributed by atoms with van der Waals surface area (Å²) in [5.74, 6) is 1.73. The molecular formula is C22H27IN4O. The van der Waals surface area contributed by atoms with Gasteiger partial charge in [0.25, 0.3) is 0 Å². The second kappa shape index (κ2) is 11.5. The van der Waals surface area contributed by atoms with Crippen molar-refractivity contribution in [2.75, 3.05) is 27.2 Å². The predicted molar refractivity (Wildman–Crippen MR) is 127 cm³/mol. The Hall–Kier alpha value is -2.35. The minimum Gasteiger partial charge on any atom is -0.496 e. The lowest BCUT2D eigenvalue weighted by atomic mass is 10.1. The standard InChI is InChI=1S/C22H26N4O.HI/c1-23-22(25-15-12-17-7-3-4-11-20(17)27-2)26-16-13-19-9-5-8-18-10-6-14-24-21(18)19;/h3-11,14H,12-13,15-16H2,1-2H3,(H2,23,25,26);1H. The van der Waals surface area contributed by atoms with Crippen LogP contribution in [0.5, 0.6) is 5.75 Å². The summed E-state index contributed by atoms with van der Waals surface area (Å²) in [6.07, 6.45) is 3.61. The summed E-state index contributed by atoms with van der Waals surface area (Å²) >= 11 is 0. The van der Waals surface area contributed by atoms with Crippen molar-refractivity contribution in [3.63, 3.8) is 0 Å². The van der Waals surface area contributed by atoms with Gasteiger partial charge in [-0.15, -0.1) is 24.0 Å². The number of nitrogens with zero attached hydrogens (tertiary/aromatic N) is 2. The summed E-state index contributed by atoms with van der Waals surface area (Å²) in [5.41, 5.74) is 3.50. The van der Waals surface area contributed by atoms with Gasteiger partial charge in [-0.3, -0.25) is 9.98 Å². The van der Waals surface area contributed by atoms with Gasteiger partial charge in [0.05, 0.1) is 12.6 Å². The molecule has 0 fully saturated rings. The molecule has 0 bridgehead atoms. The second-order valence-electron chi connectivity index (χ2n) is 6.23. The van der Waals surface area contributed by atoms with Crippen molar-refractivity contribution in [1.82, 2.24) is 15.6 Å². The van der Waals surface area contributed by atoms with Crippen molar-refractivity contribution in [3.05, 3.63) is 71.9 Å². The minimum absolute atomic E-state index is 0. The van der Waals surface area contributed by atoms with Crippen LogP contribution in [0.15, 0.2) is 65.8 Å². The van der Waals surface area contributed by atoms with Crippen molar-refractivity contribution < 1.29 is 4.74 Å². The van der Waals surface area contributed by atoms with Gasteiger partial charge < -0.3 is 15.4 Å². The summed E-state index contributed by atoms with van der Waals surface area (Å²) in [6.45, 7) is 1.58. The molecule has 28 heavy (non-hydrogen) atoms. The Morgan fingerprint density at radius 2 is 1.61 bits per heavy atom. The zero-order valence-corrected chi connectivity index (χ0v) is 18.6. The molecule has 148 valence electrons. The number of halogens is 1. The van der Waals surface area contributed by atoms with Crippen LogP contribution in [-0.4, -0.2) is 38.2 Å². The van der Waals surface area contributed by atoms with E-state index in [0.717, 1.165) is 43.2 Å². The van der Waals surface area contributed by atoms with E-state index in [0.29, 0.717) is 0 Å². The number of fused-ring (bicyclic) bond motifs is 1. The predicted octanol–water partition coefficient (Wildman–Crippen LogP) is 3.81. The van der Waals surface area contributed by atoms with Gasteiger partial charge in [0.2, 0.25) is 0 Å². The number of guanidine groups is 1. The number of methoxy groups -OCH3 is 1. The number of benzene rings is 2. The van der Waals surface area contributed by atoms with Crippen LogP contribution in [0.25, 0.3) is 10.9 Å². The van der Waals surface area contributed by atoms with E-state index < -0.39 is 0 Å². The van der Waals surface area contributed by atoms with Crippen molar-refractivity contribution >= 4 is 40.8 Å². The molecule has 2 N–H and O–H groups in total. The molecule has 0 aliphatic rings. The van der Waals surface area contributed by atoms with Crippen LogP contribution in [0, 0.1) is 0 Å². The zero-order chi connectivity index (χ0) is 18.9. The highest BCUT2D eigenvalue weighted by atomic mass is 127. The molecule has 0 amide bonds. The van der Waals surface area contributed by atoms with Gasteiger partial charge in [0, 0.05) is 31.7 Å². The number of rotatable bonds is 7. The molecule has 0 saturated heterocycles. The molecule has 3 aromatic rings. The first-order valence-corrected chi connectivity index (χ1v) is 9.21. The van der Waals surface area contributed by atoms with E-state index >= 15 is 0 Å². The van der Waals surface area contributed by atoms with E-state index in [1.54, 1.807) is 14.2 Å². The van der Waals surface area contributed by atoms with E-state index in [1.807, 2.05) is 30.5 Å². The van der Waals surface area contributed by atoms with Crippen LogP contribution in [0.3, 0.4) is 0 Å². The lowest BCUT2D eigenvalue weighted by molar-refractivity contribution is 0.409. The maximum Gasteiger partial charge on any atom is 0.190 e. The first kappa shape index (κ1) is 21.9. The fraction of sp³-hybridized carbons (Fsp3) is 0.273. The minimum atomic E-state index is 0. The average molecular weight is 490 g/mol. The van der Waals surface area contributed by atoms with Gasteiger partial charge >= 0.3 is 0 Å². The van der Waals surface area contributed by atoms with E-state index in [2.05, 4.69) is 50.9 Å². The van der Waals surface area contributed by atoms with E-state index in [1.165, 1.54) is 16.5 Å². The fourth-order valence-corrected chi connectivity index (χ4v) is 3.13. The number of pyridine rings is 1. The number of hydrogen-bond acceptors (Lipinski definition) is 3. The third-order valence-electron chi connectivity index (χ3n) is 4.51. The normalized spacial score (nSPS) is 11.0. The quantitative estimate of drug-likeness (QED) is 0.301. The monoisotopic (exact) mass is 490 g/mol. The Kier molecular flexibility index (Phi) is 9.00. The molecule has 1 aromatic heterocycles. The summed E-state index contributed by atoms with van der Waals surface area (Å²) in [6, 6.07) is 18.5. The third-order valence-corrected chi connectivity index (χ3v) is 4.51. The smallest absolute Gasteiger partial charge is 0.190 e. The maximum atomic E-state index is 5.40. The number of hydrogen-bond donors (Lipinski definition) is 2. The molecule has 0 aliphatic carbocycles. The largest absolute Gasteiger partial charge is 0.496 e. The SMILES string of the molecule is CN=C(NCCc1ccccc1OC)NCCc1cccc2cccnc12.I. The summed E-state index contributed by atoms with van der Waals surface area (Å²) in [7, 11) is 3.49. The van der Waals surface area contributed by atoms with Gasteiger partial charge in [0.1, 0.15) is 5.75 Å². The zero-order valence-electron chi connectivity index (χ0n) is 16.3. The van der Waals surface area contributed by atoms with Gasteiger partial charge in [-0.05, 0) is 36.1 Å². The molecule has 0 aliphatic heterocycles. The summed E-state index contributed by atoms with van der Waals surface area (Å²) in [4.78, 5) is 8.82. The third kappa shape index (κ3) is 5.82. The van der Waals surface area contributed by atoms with Crippen molar-refractivity contribution in [3.8, 4) is 5.75 Å². The molecule has 0 spiro atoms. The lowest BCUT2D eigenvalue weighted by Gasteiger charge is -2.13. The van der Waals surface area contributed by atoms with E-state index in [9.17, 15) is 0 Å². The Bertz CT molecular complexity index is 908. The maximum absolute atomic E-state index is 5.40. The molecule has 3 rings (SSSR count). The Labute approximate surface area is 183 Å². The Balaban J connectivity index is 0.00000280. The summed E-state index contributed by atoms with van der Waals surface area (Å²) < 4.78 is 5.40. The number of para-hydroxylation sites is 2. The van der Waals surface area contributed by atoms with Crippen LogP contribution in [0.2, 0.25) is 0 Å². The Morgan fingerprint density at radius 1 is 0.929 bits per heavy atom. The van der Waals surface area contributed by atoms with Crippen LogP contribution >= 0.6 is 24.0 Å². The van der Waals surface area contributed by atoms with Gasteiger partial charge in [-0.2, -0.15) is 0 Å². The van der Waals surface area contributed by atoms with Crippen LogP contribution < -0.4 is 15.4 Å². The van der Waals surface area contributed by atoms with E-state index in [-0.39, 0.29) is 24.0 Å². The highest BCUT2D eigenvalue weighted by molar-refractivity contribution is 14.0.